The molecule has 0 radical (unpaired) electrons. The lowest BCUT2D eigenvalue weighted by Crippen LogP contribution is -2.56. The van der Waals surface area contributed by atoms with Crippen LogP contribution in [0, 0.1) is 0 Å². The molecule has 0 spiro atoms. The van der Waals surface area contributed by atoms with Crippen LogP contribution in [0.4, 0.5) is 4.79 Å². The molecule has 2 rings (SSSR count). The van der Waals surface area contributed by atoms with Crippen molar-refractivity contribution in [2.45, 2.75) is 64.1 Å². The fourth-order valence-electron chi connectivity index (χ4n) is 3.51. The Morgan fingerprint density at radius 1 is 1.22 bits per heavy atom. The lowest BCUT2D eigenvalue weighted by Gasteiger charge is -2.47. The third kappa shape index (κ3) is 2.79. The largest absolute Gasteiger partial charge is 0.335 e. The van der Waals surface area contributed by atoms with E-state index < -0.39 is 0 Å². The molecule has 0 saturated carbocycles. The smallest absolute Gasteiger partial charge is 0.317 e. The van der Waals surface area contributed by atoms with Crippen molar-refractivity contribution in [2.24, 2.45) is 0 Å². The Bertz CT molecular complexity index is 277. The van der Waals surface area contributed by atoms with E-state index >= 15 is 0 Å². The Kier molecular flexibility index (Phi) is 4.49. The van der Waals surface area contributed by atoms with Crippen LogP contribution in [0.3, 0.4) is 0 Å². The van der Waals surface area contributed by atoms with Crippen LogP contribution in [0.1, 0.15) is 46.0 Å². The van der Waals surface area contributed by atoms with E-state index in [4.69, 9.17) is 0 Å². The Morgan fingerprint density at radius 3 is 2.28 bits per heavy atom. The van der Waals surface area contributed by atoms with Crippen LogP contribution in [0.25, 0.3) is 0 Å². The quantitative estimate of drug-likeness (QED) is 0.835. The molecule has 2 heterocycles. The average molecular weight is 253 g/mol. The average Bonchev–Trinajstić information content (AvgIpc) is 2.32. The number of carbonyl (C=O) groups is 1. The molecule has 2 bridgehead atoms. The van der Waals surface area contributed by atoms with E-state index in [1.54, 1.807) is 0 Å². The van der Waals surface area contributed by atoms with Gasteiger partial charge in [0.1, 0.15) is 0 Å². The monoisotopic (exact) mass is 253 g/mol. The summed E-state index contributed by atoms with van der Waals surface area (Å²) in [6.07, 6.45) is 6.20. The number of hydrogen-bond acceptors (Lipinski definition) is 2. The van der Waals surface area contributed by atoms with Gasteiger partial charge in [-0.05, 0) is 46.6 Å². The number of urea groups is 1. The van der Waals surface area contributed by atoms with Crippen molar-refractivity contribution < 1.29 is 4.79 Å². The maximum atomic E-state index is 12.1. The molecular weight excluding hydrogens is 226 g/mol. The molecule has 0 aliphatic carbocycles. The van der Waals surface area contributed by atoms with E-state index in [9.17, 15) is 4.79 Å². The van der Waals surface area contributed by atoms with Crippen LogP contribution >= 0.6 is 0 Å². The van der Waals surface area contributed by atoms with E-state index in [2.05, 4.69) is 17.3 Å². The van der Waals surface area contributed by atoms with Crippen molar-refractivity contribution in [3.05, 3.63) is 0 Å². The van der Waals surface area contributed by atoms with Crippen molar-refractivity contribution in [1.82, 2.24) is 15.1 Å². The number of carbonyl (C=O) groups excluding carboxylic acids is 1. The van der Waals surface area contributed by atoms with Gasteiger partial charge in [0.05, 0.1) is 0 Å². The summed E-state index contributed by atoms with van der Waals surface area (Å²) in [6.45, 7) is 5.66. The number of nitrogens with zero attached hydrogens (tertiary/aromatic N) is 2. The molecule has 2 aliphatic rings. The highest BCUT2D eigenvalue weighted by Crippen LogP contribution is 2.32. The molecule has 2 unspecified atom stereocenters. The zero-order chi connectivity index (χ0) is 13.1. The second-order valence-corrected chi connectivity index (χ2v) is 5.69. The van der Waals surface area contributed by atoms with Crippen molar-refractivity contribution in [3.8, 4) is 0 Å². The number of fused-ring (bicyclic) bond motifs is 2. The maximum Gasteiger partial charge on any atom is 0.317 e. The fourth-order valence-corrected chi connectivity index (χ4v) is 3.51. The summed E-state index contributed by atoms with van der Waals surface area (Å²) >= 11 is 0. The second kappa shape index (κ2) is 5.91. The molecule has 1 N–H and O–H groups in total. The Balaban J connectivity index is 1.89. The molecule has 0 aromatic heterocycles. The molecular formula is C14H27N3O. The van der Waals surface area contributed by atoms with Crippen LogP contribution in [0.5, 0.6) is 0 Å². The number of hydrogen-bond donors (Lipinski definition) is 1. The molecule has 18 heavy (non-hydrogen) atoms. The summed E-state index contributed by atoms with van der Waals surface area (Å²) in [7, 11) is 2.25. The number of rotatable bonds is 3. The zero-order valence-corrected chi connectivity index (χ0v) is 12.0. The highest BCUT2D eigenvalue weighted by molar-refractivity contribution is 5.74. The summed E-state index contributed by atoms with van der Waals surface area (Å²) < 4.78 is 0. The van der Waals surface area contributed by atoms with Gasteiger partial charge in [0.25, 0.3) is 0 Å². The molecule has 2 fully saturated rings. The van der Waals surface area contributed by atoms with Crippen molar-refractivity contribution in [2.75, 3.05) is 20.1 Å². The minimum absolute atomic E-state index is 0.118. The van der Waals surface area contributed by atoms with E-state index in [1.807, 2.05) is 18.7 Å². The number of amides is 2. The van der Waals surface area contributed by atoms with Crippen LogP contribution in [0.15, 0.2) is 0 Å². The molecule has 0 aromatic carbocycles. The normalized spacial score (nSPS) is 32.1. The summed E-state index contributed by atoms with van der Waals surface area (Å²) in [5.41, 5.74) is 0. The molecule has 104 valence electrons. The highest BCUT2D eigenvalue weighted by Gasteiger charge is 2.36. The van der Waals surface area contributed by atoms with Gasteiger partial charge in [-0.25, -0.2) is 4.79 Å². The first kappa shape index (κ1) is 13.7. The zero-order valence-electron chi connectivity index (χ0n) is 12.0. The highest BCUT2D eigenvalue weighted by atomic mass is 16.2. The summed E-state index contributed by atoms with van der Waals surface area (Å²) in [6, 6.07) is 1.86. The SMILES string of the molecule is CCN(CC)C(=O)NC1CC2CCCC(C1)N2C. The molecule has 0 aromatic rings. The van der Waals surface area contributed by atoms with E-state index in [1.165, 1.54) is 19.3 Å². The lowest BCUT2D eigenvalue weighted by atomic mass is 9.82. The molecule has 2 atom stereocenters. The van der Waals surface area contributed by atoms with Crippen molar-refractivity contribution in [1.29, 1.82) is 0 Å². The Labute approximate surface area is 111 Å². The molecule has 2 aliphatic heterocycles. The minimum Gasteiger partial charge on any atom is -0.335 e. The van der Waals surface area contributed by atoms with E-state index in [0.29, 0.717) is 18.1 Å². The first-order chi connectivity index (χ1) is 8.65. The summed E-state index contributed by atoms with van der Waals surface area (Å²) in [5, 5.41) is 3.23. The Hall–Kier alpha value is -0.770. The topological polar surface area (TPSA) is 35.6 Å². The fraction of sp³-hybridized carbons (Fsp3) is 0.929. The standard InChI is InChI=1S/C14H27N3O/c1-4-17(5-2)14(18)15-11-9-12-7-6-8-13(10-11)16(12)3/h11-13H,4-10H2,1-3H3,(H,15,18). The van der Waals surface area contributed by atoms with Gasteiger partial charge in [-0.15, -0.1) is 0 Å². The van der Waals surface area contributed by atoms with Crippen LogP contribution in [-0.2, 0) is 0 Å². The van der Waals surface area contributed by atoms with Gasteiger partial charge in [-0.3, -0.25) is 0 Å². The van der Waals surface area contributed by atoms with Gasteiger partial charge in [0.2, 0.25) is 0 Å². The van der Waals surface area contributed by atoms with Crippen molar-refractivity contribution in [3.63, 3.8) is 0 Å². The molecule has 4 nitrogen and oxygen atoms in total. The van der Waals surface area contributed by atoms with Gasteiger partial charge in [-0.2, -0.15) is 0 Å². The van der Waals surface area contributed by atoms with Gasteiger partial charge in [-0.1, -0.05) is 6.42 Å². The van der Waals surface area contributed by atoms with Gasteiger partial charge in [0, 0.05) is 31.2 Å². The van der Waals surface area contributed by atoms with Crippen LogP contribution in [0.2, 0.25) is 0 Å². The van der Waals surface area contributed by atoms with Gasteiger partial charge < -0.3 is 15.1 Å². The first-order valence-electron chi connectivity index (χ1n) is 7.43. The molecule has 2 amide bonds. The van der Waals surface area contributed by atoms with E-state index in [-0.39, 0.29) is 6.03 Å². The Morgan fingerprint density at radius 2 is 1.78 bits per heavy atom. The third-order valence-electron chi connectivity index (χ3n) is 4.72. The predicted octanol–water partition coefficient (Wildman–Crippen LogP) is 2.05. The molecule has 2 saturated heterocycles. The number of piperidine rings is 2. The van der Waals surface area contributed by atoms with Gasteiger partial charge in [0.15, 0.2) is 0 Å². The second-order valence-electron chi connectivity index (χ2n) is 5.69. The van der Waals surface area contributed by atoms with Gasteiger partial charge >= 0.3 is 6.03 Å². The maximum absolute atomic E-state index is 12.1. The van der Waals surface area contributed by atoms with Crippen molar-refractivity contribution >= 4 is 6.03 Å². The van der Waals surface area contributed by atoms with E-state index in [0.717, 1.165) is 25.9 Å². The summed E-state index contributed by atoms with van der Waals surface area (Å²) in [5.74, 6) is 0. The first-order valence-corrected chi connectivity index (χ1v) is 7.43. The number of nitrogens with one attached hydrogen (secondary N) is 1. The predicted molar refractivity (Wildman–Crippen MR) is 73.7 cm³/mol. The molecule has 4 heteroatoms. The van der Waals surface area contributed by atoms with Crippen LogP contribution in [-0.4, -0.2) is 54.1 Å². The van der Waals surface area contributed by atoms with Crippen LogP contribution < -0.4 is 5.32 Å². The third-order valence-corrected chi connectivity index (χ3v) is 4.72. The minimum atomic E-state index is 0.118. The lowest BCUT2D eigenvalue weighted by molar-refractivity contribution is 0.0495. The summed E-state index contributed by atoms with van der Waals surface area (Å²) in [4.78, 5) is 16.5.